The third kappa shape index (κ3) is 8.04. The maximum Gasteiger partial charge on any atom is 0.327 e. The third-order valence-electron chi connectivity index (χ3n) is 7.17. The lowest BCUT2D eigenvalue weighted by Crippen LogP contribution is -2.43. The van der Waals surface area contributed by atoms with E-state index in [1.807, 2.05) is 6.07 Å². The van der Waals surface area contributed by atoms with Gasteiger partial charge in [-0.1, -0.05) is 5.16 Å². The third-order valence-corrected chi connectivity index (χ3v) is 9.14. The zero-order valence-electron chi connectivity index (χ0n) is 24.5. The van der Waals surface area contributed by atoms with E-state index >= 15 is 0 Å². The first-order valence-corrected chi connectivity index (χ1v) is 15.2. The summed E-state index contributed by atoms with van der Waals surface area (Å²) in [6, 6.07) is 8.11. The van der Waals surface area contributed by atoms with Gasteiger partial charge in [0.25, 0.3) is 5.91 Å². The zero-order chi connectivity index (χ0) is 30.6. The molecular weight excluding hydrogens is 550 g/mol. The number of carbonyl (C=O) groups excluding carboxylic acids is 3. The van der Waals surface area contributed by atoms with Crippen molar-refractivity contribution in [2.75, 3.05) is 32.4 Å². The fraction of sp³-hybridized carbons (Fsp3) is 0.607. The molecule has 0 saturated carbocycles. The van der Waals surface area contributed by atoms with Gasteiger partial charge in [0.2, 0.25) is 10.0 Å². The minimum absolute atomic E-state index is 0.0769. The van der Waals surface area contributed by atoms with Crippen LogP contribution in [0.2, 0.25) is 0 Å². The number of benzene rings is 1. The number of urea groups is 1. The fourth-order valence-electron chi connectivity index (χ4n) is 4.51. The summed E-state index contributed by atoms with van der Waals surface area (Å²) in [7, 11) is -2.27. The van der Waals surface area contributed by atoms with Gasteiger partial charge in [-0.2, -0.15) is 5.26 Å². The summed E-state index contributed by atoms with van der Waals surface area (Å²) >= 11 is 0. The first-order chi connectivity index (χ1) is 19.0. The highest BCUT2D eigenvalue weighted by molar-refractivity contribution is 7.89. The number of hydrogen-bond donors (Lipinski definition) is 0. The number of oxime groups is 1. The van der Waals surface area contributed by atoms with Gasteiger partial charge < -0.3 is 14.5 Å². The van der Waals surface area contributed by atoms with E-state index in [0.29, 0.717) is 29.9 Å². The molecule has 0 aliphatic carbocycles. The van der Waals surface area contributed by atoms with Gasteiger partial charge >= 0.3 is 12.0 Å². The molecule has 0 aromatic heterocycles. The number of carbonyl (C=O) groups is 3. The van der Waals surface area contributed by atoms with Crippen LogP contribution >= 0.6 is 0 Å². The van der Waals surface area contributed by atoms with Crippen molar-refractivity contribution in [2.24, 2.45) is 11.1 Å². The minimum Gasteiger partial charge on any atom is -0.460 e. The van der Waals surface area contributed by atoms with E-state index in [-0.39, 0.29) is 38.4 Å². The first-order valence-electron chi connectivity index (χ1n) is 13.6. The molecule has 0 bridgehead atoms. The van der Waals surface area contributed by atoms with Crippen LogP contribution in [0.15, 0.2) is 29.4 Å². The molecule has 13 heteroatoms. The van der Waals surface area contributed by atoms with Crippen LogP contribution in [0, 0.1) is 17.2 Å². The van der Waals surface area contributed by atoms with Crippen molar-refractivity contribution in [3.05, 3.63) is 29.8 Å². The van der Waals surface area contributed by atoms with Gasteiger partial charge in [0, 0.05) is 39.5 Å². The highest BCUT2D eigenvalue weighted by Gasteiger charge is 2.49. The number of nitrogens with zero attached hydrogens (tertiary/aromatic N) is 5. The minimum atomic E-state index is -3.83. The Morgan fingerprint density at radius 2 is 1.76 bits per heavy atom. The smallest absolute Gasteiger partial charge is 0.327 e. The van der Waals surface area contributed by atoms with Crippen molar-refractivity contribution < 1.29 is 32.4 Å². The molecule has 3 rings (SSSR count). The molecule has 1 aromatic carbocycles. The van der Waals surface area contributed by atoms with Crippen LogP contribution in [0.4, 0.5) is 4.79 Å². The van der Waals surface area contributed by atoms with Crippen LogP contribution in [0.5, 0.6) is 5.75 Å². The topological polar surface area (TPSA) is 150 Å². The van der Waals surface area contributed by atoms with E-state index in [2.05, 4.69) is 5.16 Å². The van der Waals surface area contributed by atoms with Crippen molar-refractivity contribution in [2.45, 2.75) is 71.4 Å². The fourth-order valence-corrected chi connectivity index (χ4v) is 6.27. The molecule has 41 heavy (non-hydrogen) atoms. The predicted octanol–water partition coefficient (Wildman–Crippen LogP) is 3.13. The summed E-state index contributed by atoms with van der Waals surface area (Å²) in [5, 5.41) is 13.0. The van der Waals surface area contributed by atoms with E-state index in [4.69, 9.17) is 14.8 Å². The number of rotatable bonds is 10. The number of imide groups is 1. The van der Waals surface area contributed by atoms with Crippen molar-refractivity contribution in [3.8, 4) is 11.8 Å². The molecule has 1 atom stereocenters. The van der Waals surface area contributed by atoms with E-state index in [1.165, 1.54) is 9.21 Å². The number of esters is 1. The van der Waals surface area contributed by atoms with Crippen LogP contribution < -0.4 is 4.84 Å². The Labute approximate surface area is 241 Å². The van der Waals surface area contributed by atoms with Crippen molar-refractivity contribution in [3.63, 3.8) is 0 Å². The molecule has 3 amide bonds. The van der Waals surface area contributed by atoms with Gasteiger partial charge in [0.1, 0.15) is 11.1 Å². The van der Waals surface area contributed by atoms with Crippen LogP contribution in [-0.2, 0) is 24.3 Å². The molecule has 2 fully saturated rings. The van der Waals surface area contributed by atoms with E-state index in [1.54, 1.807) is 65.9 Å². The normalized spacial score (nSPS) is 18.7. The van der Waals surface area contributed by atoms with Crippen molar-refractivity contribution in [1.29, 1.82) is 5.26 Å². The number of likely N-dealkylation sites (N-methyl/N-ethyl adjacent to an activating group) is 1. The Bertz CT molecular complexity index is 1320. The lowest BCUT2D eigenvalue weighted by Gasteiger charge is -2.29. The van der Waals surface area contributed by atoms with Gasteiger partial charge in [-0.05, 0) is 71.7 Å². The molecule has 1 aromatic rings. The summed E-state index contributed by atoms with van der Waals surface area (Å²) in [4.78, 5) is 46.2. The summed E-state index contributed by atoms with van der Waals surface area (Å²) in [5.74, 6) is -1.90. The van der Waals surface area contributed by atoms with Gasteiger partial charge in [0.15, 0.2) is 5.75 Å². The average molecular weight is 590 g/mol. The van der Waals surface area contributed by atoms with E-state index in [9.17, 15) is 22.8 Å². The molecule has 1 unspecified atom stereocenters. The maximum atomic E-state index is 13.4. The van der Waals surface area contributed by atoms with Crippen LogP contribution in [0.1, 0.15) is 65.9 Å². The highest BCUT2D eigenvalue weighted by Crippen LogP contribution is 2.27. The second kappa shape index (κ2) is 12.6. The zero-order valence-corrected chi connectivity index (χ0v) is 25.4. The summed E-state index contributed by atoms with van der Waals surface area (Å²) in [6.45, 7) is 8.92. The Morgan fingerprint density at radius 3 is 2.27 bits per heavy atom. The van der Waals surface area contributed by atoms with Crippen LogP contribution in [-0.4, -0.2) is 89.7 Å². The summed E-state index contributed by atoms with van der Waals surface area (Å²) in [6.07, 6.45) is 1.13. The SMILES string of the molecule is CN1C(=O)N(CCCC(CS(=O)(=O)N2CCC(=NOc3ccc(C#N)cc3)CC2)C(=O)OC(C)(C)C)C(=O)C1(C)C. The molecule has 2 saturated heterocycles. The number of nitriles is 1. The number of piperidine rings is 1. The van der Waals surface area contributed by atoms with Crippen LogP contribution in [0.25, 0.3) is 0 Å². The van der Waals surface area contributed by atoms with Crippen molar-refractivity contribution >= 4 is 33.6 Å². The van der Waals surface area contributed by atoms with Crippen LogP contribution in [0.3, 0.4) is 0 Å². The Balaban J connectivity index is 1.61. The maximum absolute atomic E-state index is 13.4. The Morgan fingerprint density at radius 1 is 1.15 bits per heavy atom. The quantitative estimate of drug-likeness (QED) is 0.230. The van der Waals surface area contributed by atoms with Gasteiger partial charge in [-0.25, -0.2) is 17.5 Å². The molecule has 224 valence electrons. The summed E-state index contributed by atoms with van der Waals surface area (Å²) in [5.41, 5.74) is -0.563. The molecule has 0 spiro atoms. The molecular formula is C28H39N5O7S. The first kappa shape index (κ1) is 32.0. The molecule has 2 heterocycles. The number of sulfonamides is 1. The van der Waals surface area contributed by atoms with Gasteiger partial charge in [-0.3, -0.25) is 14.5 Å². The van der Waals surface area contributed by atoms with Gasteiger partial charge in [0.05, 0.1) is 29.0 Å². The number of ether oxygens (including phenoxy) is 1. The van der Waals surface area contributed by atoms with E-state index in [0.717, 1.165) is 4.90 Å². The Hall–Kier alpha value is -3.50. The lowest BCUT2D eigenvalue weighted by atomic mass is 10.0. The molecule has 0 radical (unpaired) electrons. The van der Waals surface area contributed by atoms with E-state index < -0.39 is 44.8 Å². The van der Waals surface area contributed by atoms with Gasteiger partial charge in [-0.15, -0.1) is 0 Å². The summed E-state index contributed by atoms with van der Waals surface area (Å²) < 4.78 is 33.6. The Kier molecular flexibility index (Phi) is 9.81. The second-order valence-corrected chi connectivity index (χ2v) is 13.8. The average Bonchev–Trinajstić information content (AvgIpc) is 3.05. The number of amides is 3. The molecule has 12 nitrogen and oxygen atoms in total. The number of hydrogen-bond acceptors (Lipinski definition) is 9. The second-order valence-electron chi connectivity index (χ2n) is 11.8. The highest BCUT2D eigenvalue weighted by atomic mass is 32.2. The predicted molar refractivity (Wildman–Crippen MR) is 151 cm³/mol. The molecule has 2 aliphatic rings. The monoisotopic (exact) mass is 589 g/mol. The van der Waals surface area contributed by atoms with Crippen molar-refractivity contribution in [1.82, 2.24) is 14.1 Å². The largest absolute Gasteiger partial charge is 0.460 e. The molecule has 2 aliphatic heterocycles. The lowest BCUT2D eigenvalue weighted by molar-refractivity contribution is -0.159. The molecule has 0 N–H and O–H groups in total. The standard InChI is InChI=1S/C28H39N5O7S/c1-27(2,3)39-24(34)21(8-7-15-33-25(35)28(4,5)31(6)26(33)36)19-41(37,38)32-16-13-22(14-17-32)30-40-23-11-9-20(18-29)10-12-23/h9-12,21H,7-8,13-17,19H2,1-6H3.